The zero-order valence-electron chi connectivity index (χ0n) is 13.1. The van der Waals surface area contributed by atoms with Gasteiger partial charge in [-0.05, 0) is 55.8 Å². The van der Waals surface area contributed by atoms with Crippen LogP contribution in [-0.4, -0.2) is 19.2 Å². The number of rotatable bonds is 8. The molecule has 0 aliphatic carbocycles. The summed E-state index contributed by atoms with van der Waals surface area (Å²) < 4.78 is 18.4. The molecule has 22 heavy (non-hydrogen) atoms. The number of nitrogens with one attached hydrogen (secondary N) is 2. The van der Waals surface area contributed by atoms with Gasteiger partial charge >= 0.3 is 0 Å². The van der Waals surface area contributed by atoms with E-state index in [1.165, 1.54) is 17.7 Å². The van der Waals surface area contributed by atoms with Gasteiger partial charge in [-0.3, -0.25) is 0 Å². The van der Waals surface area contributed by atoms with Crippen molar-refractivity contribution in [2.45, 2.75) is 26.5 Å². The fourth-order valence-corrected chi connectivity index (χ4v) is 2.05. The molecule has 2 N–H and O–H groups in total. The smallest absolute Gasteiger partial charge is 0.123 e. The Morgan fingerprint density at radius 3 is 2.27 bits per heavy atom. The van der Waals surface area contributed by atoms with E-state index < -0.39 is 0 Å². The Hall–Kier alpha value is -2.07. The summed E-state index contributed by atoms with van der Waals surface area (Å²) in [6.07, 6.45) is 0.196. The van der Waals surface area contributed by atoms with Crippen molar-refractivity contribution in [1.82, 2.24) is 5.32 Å². The van der Waals surface area contributed by atoms with Gasteiger partial charge in [0.2, 0.25) is 0 Å². The van der Waals surface area contributed by atoms with Crippen molar-refractivity contribution in [3.8, 4) is 5.75 Å². The molecule has 2 rings (SSSR count). The van der Waals surface area contributed by atoms with Crippen molar-refractivity contribution >= 4 is 5.69 Å². The van der Waals surface area contributed by atoms with E-state index in [9.17, 15) is 4.39 Å². The maximum absolute atomic E-state index is 12.8. The van der Waals surface area contributed by atoms with Crippen LogP contribution in [0.2, 0.25) is 0 Å². The van der Waals surface area contributed by atoms with Crippen molar-refractivity contribution in [2.24, 2.45) is 0 Å². The predicted octanol–water partition coefficient (Wildman–Crippen LogP) is 3.81. The highest BCUT2D eigenvalue weighted by molar-refractivity contribution is 5.42. The lowest BCUT2D eigenvalue weighted by molar-refractivity contribution is 0.242. The standard InChI is InChI=1S/C18H23FN2O/c1-14(2)22-18-9-3-15(4-10-18)13-20-11-12-21-17-7-5-16(19)6-8-17/h3-10,14,20-21H,11-13H2,1-2H3. The van der Waals surface area contributed by atoms with Crippen LogP contribution in [0.4, 0.5) is 10.1 Å². The van der Waals surface area contributed by atoms with Gasteiger partial charge < -0.3 is 15.4 Å². The second kappa shape index (κ2) is 8.39. The van der Waals surface area contributed by atoms with E-state index in [1.54, 1.807) is 12.1 Å². The summed E-state index contributed by atoms with van der Waals surface area (Å²) in [5.41, 5.74) is 2.15. The molecule has 118 valence electrons. The Labute approximate surface area is 131 Å². The second-order valence-electron chi connectivity index (χ2n) is 5.42. The van der Waals surface area contributed by atoms with Crippen LogP contribution in [0.25, 0.3) is 0 Å². The van der Waals surface area contributed by atoms with Crippen LogP contribution in [0.5, 0.6) is 5.75 Å². The fourth-order valence-electron chi connectivity index (χ4n) is 2.05. The summed E-state index contributed by atoms with van der Waals surface area (Å²) in [6, 6.07) is 14.5. The molecule has 0 bridgehead atoms. The molecule has 0 aliphatic rings. The molecule has 4 heteroatoms. The molecule has 0 radical (unpaired) electrons. The fraction of sp³-hybridized carbons (Fsp3) is 0.333. The number of halogens is 1. The first kappa shape index (κ1) is 16.3. The van der Waals surface area contributed by atoms with Crippen LogP contribution in [0.1, 0.15) is 19.4 Å². The lowest BCUT2D eigenvalue weighted by atomic mass is 10.2. The average Bonchev–Trinajstić information content (AvgIpc) is 2.50. The van der Waals surface area contributed by atoms with Crippen LogP contribution in [0, 0.1) is 5.82 Å². The van der Waals surface area contributed by atoms with Gasteiger partial charge in [0.15, 0.2) is 0 Å². The zero-order chi connectivity index (χ0) is 15.8. The van der Waals surface area contributed by atoms with Crippen LogP contribution >= 0.6 is 0 Å². The molecular weight excluding hydrogens is 279 g/mol. The minimum Gasteiger partial charge on any atom is -0.491 e. The Morgan fingerprint density at radius 1 is 0.955 bits per heavy atom. The molecule has 0 spiro atoms. The van der Waals surface area contributed by atoms with Gasteiger partial charge in [-0.15, -0.1) is 0 Å². The van der Waals surface area contributed by atoms with Gasteiger partial charge in [-0.25, -0.2) is 4.39 Å². The van der Waals surface area contributed by atoms with Crippen LogP contribution < -0.4 is 15.4 Å². The van der Waals surface area contributed by atoms with Crippen molar-refractivity contribution in [1.29, 1.82) is 0 Å². The first-order chi connectivity index (χ1) is 10.6. The quantitative estimate of drug-likeness (QED) is 0.727. The molecule has 0 amide bonds. The van der Waals surface area contributed by atoms with Crippen molar-refractivity contribution < 1.29 is 9.13 Å². The highest BCUT2D eigenvalue weighted by atomic mass is 19.1. The summed E-state index contributed by atoms with van der Waals surface area (Å²) in [7, 11) is 0. The lowest BCUT2D eigenvalue weighted by Gasteiger charge is -2.11. The minimum absolute atomic E-state index is 0.196. The number of anilines is 1. The first-order valence-corrected chi connectivity index (χ1v) is 7.59. The molecular formula is C18H23FN2O. The third kappa shape index (κ3) is 5.74. The molecule has 0 fully saturated rings. The molecule has 0 saturated heterocycles. The molecule has 0 aliphatic heterocycles. The van der Waals surface area contributed by atoms with E-state index in [2.05, 4.69) is 22.8 Å². The SMILES string of the molecule is CC(C)Oc1ccc(CNCCNc2ccc(F)cc2)cc1. The van der Waals surface area contributed by atoms with Gasteiger partial charge in [0.1, 0.15) is 11.6 Å². The van der Waals surface area contributed by atoms with Gasteiger partial charge in [-0.1, -0.05) is 12.1 Å². The topological polar surface area (TPSA) is 33.3 Å². The van der Waals surface area contributed by atoms with Gasteiger partial charge in [0, 0.05) is 25.3 Å². The zero-order valence-corrected chi connectivity index (χ0v) is 13.1. The van der Waals surface area contributed by atoms with E-state index in [-0.39, 0.29) is 11.9 Å². The summed E-state index contributed by atoms with van der Waals surface area (Å²) in [5.74, 6) is 0.685. The van der Waals surface area contributed by atoms with Crippen LogP contribution in [0.3, 0.4) is 0 Å². The van der Waals surface area contributed by atoms with Crippen molar-refractivity contribution in [2.75, 3.05) is 18.4 Å². The number of hydrogen-bond donors (Lipinski definition) is 2. The molecule has 3 nitrogen and oxygen atoms in total. The monoisotopic (exact) mass is 302 g/mol. The minimum atomic E-state index is -0.214. The van der Waals surface area contributed by atoms with Gasteiger partial charge in [0.25, 0.3) is 0 Å². The van der Waals surface area contributed by atoms with Crippen molar-refractivity contribution in [3.63, 3.8) is 0 Å². The Morgan fingerprint density at radius 2 is 1.64 bits per heavy atom. The van der Waals surface area contributed by atoms with Crippen LogP contribution in [0.15, 0.2) is 48.5 Å². The number of ether oxygens (including phenoxy) is 1. The van der Waals surface area contributed by atoms with Gasteiger partial charge in [0.05, 0.1) is 6.10 Å². The lowest BCUT2D eigenvalue weighted by Crippen LogP contribution is -2.21. The molecule has 2 aromatic carbocycles. The Bertz CT molecular complexity index is 552. The number of benzene rings is 2. The Kier molecular flexibility index (Phi) is 6.22. The normalized spacial score (nSPS) is 10.7. The maximum Gasteiger partial charge on any atom is 0.123 e. The molecule has 0 saturated carbocycles. The summed E-state index contributed by atoms with van der Waals surface area (Å²) in [6.45, 7) is 6.47. The summed E-state index contributed by atoms with van der Waals surface area (Å²) in [5, 5.41) is 6.61. The molecule has 2 aromatic rings. The second-order valence-corrected chi connectivity index (χ2v) is 5.42. The summed E-state index contributed by atoms with van der Waals surface area (Å²) in [4.78, 5) is 0. The third-order valence-corrected chi connectivity index (χ3v) is 3.10. The van der Waals surface area contributed by atoms with E-state index in [0.29, 0.717) is 0 Å². The summed E-state index contributed by atoms with van der Waals surface area (Å²) >= 11 is 0. The van der Waals surface area contributed by atoms with E-state index in [4.69, 9.17) is 4.74 Å². The van der Waals surface area contributed by atoms with E-state index >= 15 is 0 Å². The highest BCUT2D eigenvalue weighted by Gasteiger charge is 1.98. The largest absolute Gasteiger partial charge is 0.491 e. The van der Waals surface area contributed by atoms with Crippen molar-refractivity contribution in [3.05, 3.63) is 59.9 Å². The van der Waals surface area contributed by atoms with E-state index in [1.807, 2.05) is 26.0 Å². The maximum atomic E-state index is 12.8. The first-order valence-electron chi connectivity index (χ1n) is 7.59. The Balaban J connectivity index is 1.65. The van der Waals surface area contributed by atoms with Crippen LogP contribution in [-0.2, 0) is 6.54 Å². The average molecular weight is 302 g/mol. The third-order valence-electron chi connectivity index (χ3n) is 3.10. The number of hydrogen-bond acceptors (Lipinski definition) is 3. The molecule has 0 aromatic heterocycles. The van der Waals surface area contributed by atoms with E-state index in [0.717, 1.165) is 31.1 Å². The highest BCUT2D eigenvalue weighted by Crippen LogP contribution is 2.13. The molecule has 0 unspecified atom stereocenters. The predicted molar refractivity (Wildman–Crippen MR) is 88.8 cm³/mol. The molecule has 0 atom stereocenters. The van der Waals surface area contributed by atoms with Gasteiger partial charge in [-0.2, -0.15) is 0 Å². The molecule has 0 heterocycles.